The van der Waals surface area contributed by atoms with Gasteiger partial charge in [-0.1, -0.05) is 45.0 Å². The summed E-state index contributed by atoms with van der Waals surface area (Å²) in [5, 5.41) is 4.29. The van der Waals surface area contributed by atoms with E-state index in [0.29, 0.717) is 0 Å². The average Bonchev–Trinajstić information content (AvgIpc) is 2.87. The maximum atomic E-state index is 4.71. The molecule has 3 heteroatoms. The number of hydrogen-bond acceptors (Lipinski definition) is 3. The van der Waals surface area contributed by atoms with Crippen LogP contribution in [0.2, 0.25) is 0 Å². The zero-order valence-electron chi connectivity index (χ0n) is 11.3. The molecule has 0 amide bonds. The maximum absolute atomic E-state index is 4.71. The second-order valence-electron chi connectivity index (χ2n) is 5.68. The summed E-state index contributed by atoms with van der Waals surface area (Å²) in [6, 6.07) is 12.3. The smallest absolute Gasteiger partial charge is 0.142 e. The van der Waals surface area contributed by atoms with E-state index in [9.17, 15) is 0 Å². The van der Waals surface area contributed by atoms with E-state index < -0.39 is 0 Å². The van der Waals surface area contributed by atoms with Crippen LogP contribution in [-0.2, 0) is 5.41 Å². The van der Waals surface area contributed by atoms with Crippen molar-refractivity contribution >= 4 is 22.2 Å². The van der Waals surface area contributed by atoms with Gasteiger partial charge in [-0.25, -0.2) is 9.97 Å². The molecule has 2 heterocycles. The first-order valence-corrected chi connectivity index (χ1v) is 7.24. The Balaban J connectivity index is 2.07. The van der Waals surface area contributed by atoms with Gasteiger partial charge in [-0.05, 0) is 12.1 Å². The van der Waals surface area contributed by atoms with E-state index in [2.05, 4.69) is 43.3 Å². The summed E-state index contributed by atoms with van der Waals surface area (Å²) < 4.78 is 0. The van der Waals surface area contributed by atoms with Crippen molar-refractivity contribution in [3.05, 3.63) is 47.5 Å². The molecular formula is C16H16N2S. The molecule has 96 valence electrons. The molecule has 0 bridgehead atoms. The van der Waals surface area contributed by atoms with Gasteiger partial charge in [-0.3, -0.25) is 0 Å². The first kappa shape index (κ1) is 12.3. The predicted octanol–water partition coefficient (Wildman–Crippen LogP) is 4.66. The minimum atomic E-state index is 0.0889. The fourth-order valence-corrected chi connectivity index (χ4v) is 2.94. The van der Waals surface area contributed by atoms with Gasteiger partial charge < -0.3 is 0 Å². The maximum Gasteiger partial charge on any atom is 0.142 e. The highest BCUT2D eigenvalue weighted by Gasteiger charge is 2.18. The summed E-state index contributed by atoms with van der Waals surface area (Å²) >= 11 is 1.66. The summed E-state index contributed by atoms with van der Waals surface area (Å²) in [7, 11) is 0. The Labute approximate surface area is 117 Å². The SMILES string of the molecule is CC(C)(C)c1csc(-c2ccc3ccccc3n2)n1. The number of fused-ring (bicyclic) bond motifs is 1. The quantitative estimate of drug-likeness (QED) is 0.641. The predicted molar refractivity (Wildman–Crippen MR) is 81.6 cm³/mol. The van der Waals surface area contributed by atoms with Crippen LogP contribution < -0.4 is 0 Å². The number of rotatable bonds is 1. The number of benzene rings is 1. The third-order valence-corrected chi connectivity index (χ3v) is 3.95. The summed E-state index contributed by atoms with van der Waals surface area (Å²) in [6.45, 7) is 6.54. The van der Waals surface area contributed by atoms with Crippen molar-refractivity contribution in [3.63, 3.8) is 0 Å². The van der Waals surface area contributed by atoms with Crippen molar-refractivity contribution in [3.8, 4) is 10.7 Å². The lowest BCUT2D eigenvalue weighted by Crippen LogP contribution is -2.11. The van der Waals surface area contributed by atoms with Crippen molar-refractivity contribution in [2.24, 2.45) is 0 Å². The standard InChI is InChI=1S/C16H16N2S/c1-16(2,3)14-10-19-15(18-14)13-9-8-11-6-4-5-7-12(11)17-13/h4-10H,1-3H3. The molecule has 19 heavy (non-hydrogen) atoms. The van der Waals surface area contributed by atoms with Crippen LogP contribution in [0.25, 0.3) is 21.6 Å². The van der Waals surface area contributed by atoms with E-state index in [1.165, 1.54) is 5.39 Å². The van der Waals surface area contributed by atoms with E-state index in [1.807, 2.05) is 24.3 Å². The normalized spacial score (nSPS) is 11.9. The summed E-state index contributed by atoms with van der Waals surface area (Å²) in [5.41, 5.74) is 3.19. The Bertz CT molecular complexity index is 723. The van der Waals surface area contributed by atoms with Crippen molar-refractivity contribution in [1.29, 1.82) is 0 Å². The van der Waals surface area contributed by atoms with Gasteiger partial charge in [0.05, 0.1) is 16.9 Å². The number of thiazole rings is 1. The van der Waals surface area contributed by atoms with Crippen LogP contribution in [0.1, 0.15) is 26.5 Å². The Kier molecular flexibility index (Phi) is 2.86. The number of nitrogens with zero attached hydrogens (tertiary/aromatic N) is 2. The van der Waals surface area contributed by atoms with Gasteiger partial charge in [-0.2, -0.15) is 0 Å². The number of para-hydroxylation sites is 1. The molecule has 0 spiro atoms. The van der Waals surface area contributed by atoms with E-state index in [1.54, 1.807) is 11.3 Å². The Hall–Kier alpha value is -1.74. The molecule has 0 saturated heterocycles. The summed E-state index contributed by atoms with van der Waals surface area (Å²) in [6.07, 6.45) is 0. The zero-order valence-corrected chi connectivity index (χ0v) is 12.2. The highest BCUT2D eigenvalue weighted by molar-refractivity contribution is 7.13. The van der Waals surface area contributed by atoms with Crippen molar-refractivity contribution in [1.82, 2.24) is 9.97 Å². The lowest BCUT2D eigenvalue weighted by Gasteiger charge is -2.14. The van der Waals surface area contributed by atoms with Crippen LogP contribution in [-0.4, -0.2) is 9.97 Å². The molecule has 2 nitrogen and oxygen atoms in total. The molecule has 0 aliphatic rings. The summed E-state index contributed by atoms with van der Waals surface area (Å²) in [4.78, 5) is 9.40. The highest BCUT2D eigenvalue weighted by atomic mass is 32.1. The molecule has 0 fully saturated rings. The summed E-state index contributed by atoms with van der Waals surface area (Å²) in [5.74, 6) is 0. The Morgan fingerprint density at radius 2 is 1.74 bits per heavy atom. The first-order chi connectivity index (χ1) is 9.04. The second-order valence-corrected chi connectivity index (χ2v) is 6.54. The van der Waals surface area contributed by atoms with Gasteiger partial charge in [-0.15, -0.1) is 11.3 Å². The molecule has 0 aliphatic carbocycles. The van der Waals surface area contributed by atoms with Gasteiger partial charge in [0.25, 0.3) is 0 Å². The molecule has 3 rings (SSSR count). The lowest BCUT2D eigenvalue weighted by atomic mass is 9.93. The van der Waals surface area contributed by atoms with E-state index >= 15 is 0 Å². The van der Waals surface area contributed by atoms with Crippen molar-refractivity contribution in [2.75, 3.05) is 0 Å². The van der Waals surface area contributed by atoms with Gasteiger partial charge in [0, 0.05) is 16.2 Å². The molecule has 0 aliphatic heterocycles. The molecular weight excluding hydrogens is 252 g/mol. The molecule has 0 N–H and O–H groups in total. The van der Waals surface area contributed by atoms with E-state index in [0.717, 1.165) is 21.9 Å². The van der Waals surface area contributed by atoms with Gasteiger partial charge in [0.1, 0.15) is 5.01 Å². The minimum Gasteiger partial charge on any atom is -0.245 e. The third-order valence-electron chi connectivity index (χ3n) is 3.09. The molecule has 0 unspecified atom stereocenters. The largest absolute Gasteiger partial charge is 0.245 e. The number of hydrogen-bond donors (Lipinski definition) is 0. The molecule has 0 radical (unpaired) electrons. The second kappa shape index (κ2) is 4.42. The first-order valence-electron chi connectivity index (χ1n) is 6.36. The Morgan fingerprint density at radius 1 is 0.947 bits per heavy atom. The number of aromatic nitrogens is 2. The lowest BCUT2D eigenvalue weighted by molar-refractivity contribution is 0.573. The fourth-order valence-electron chi connectivity index (χ4n) is 1.92. The highest BCUT2D eigenvalue weighted by Crippen LogP contribution is 2.29. The molecule has 0 saturated carbocycles. The molecule has 3 aromatic rings. The third kappa shape index (κ3) is 2.38. The average molecular weight is 268 g/mol. The zero-order chi connectivity index (χ0) is 13.5. The van der Waals surface area contributed by atoms with E-state index in [-0.39, 0.29) is 5.41 Å². The minimum absolute atomic E-state index is 0.0889. The van der Waals surface area contributed by atoms with Crippen molar-refractivity contribution in [2.45, 2.75) is 26.2 Å². The van der Waals surface area contributed by atoms with Gasteiger partial charge >= 0.3 is 0 Å². The van der Waals surface area contributed by atoms with Crippen LogP contribution in [0.4, 0.5) is 0 Å². The number of pyridine rings is 1. The molecule has 1 aromatic carbocycles. The van der Waals surface area contributed by atoms with Crippen molar-refractivity contribution < 1.29 is 0 Å². The topological polar surface area (TPSA) is 25.8 Å². The Morgan fingerprint density at radius 3 is 2.47 bits per heavy atom. The van der Waals surface area contributed by atoms with Gasteiger partial charge in [0.2, 0.25) is 0 Å². The van der Waals surface area contributed by atoms with E-state index in [4.69, 9.17) is 4.98 Å². The molecule has 2 aromatic heterocycles. The monoisotopic (exact) mass is 268 g/mol. The van der Waals surface area contributed by atoms with Crippen LogP contribution in [0.3, 0.4) is 0 Å². The van der Waals surface area contributed by atoms with Crippen LogP contribution in [0.5, 0.6) is 0 Å². The van der Waals surface area contributed by atoms with Crippen LogP contribution in [0, 0.1) is 0 Å². The van der Waals surface area contributed by atoms with Crippen LogP contribution >= 0.6 is 11.3 Å². The van der Waals surface area contributed by atoms with Crippen LogP contribution in [0.15, 0.2) is 41.8 Å². The fraction of sp³-hybridized carbons (Fsp3) is 0.250. The molecule has 0 atom stereocenters. The van der Waals surface area contributed by atoms with Gasteiger partial charge in [0.15, 0.2) is 0 Å².